The van der Waals surface area contributed by atoms with Crippen LogP contribution in [0, 0.1) is 13.8 Å². The number of aryl methyl sites for hydroxylation is 2. The van der Waals surface area contributed by atoms with Crippen molar-refractivity contribution in [2.75, 3.05) is 6.54 Å². The van der Waals surface area contributed by atoms with E-state index in [0.717, 1.165) is 27.6 Å². The van der Waals surface area contributed by atoms with Crippen LogP contribution in [0.1, 0.15) is 16.7 Å². The van der Waals surface area contributed by atoms with E-state index in [1.165, 1.54) is 0 Å². The maximum absolute atomic E-state index is 12.5. The lowest BCUT2D eigenvalue weighted by molar-refractivity contribution is 0.581. The summed E-state index contributed by atoms with van der Waals surface area (Å²) in [5.74, 6) is 0. The number of nitrogens with zero attached hydrogens (tertiary/aromatic N) is 1. The van der Waals surface area contributed by atoms with Crippen molar-refractivity contribution in [1.82, 2.24) is 9.71 Å². The first kappa shape index (κ1) is 16.6. The topological polar surface area (TPSA) is 59.1 Å². The Kier molecular flexibility index (Phi) is 4.64. The summed E-state index contributed by atoms with van der Waals surface area (Å²) in [6, 6.07) is 15.3. The summed E-state index contributed by atoms with van der Waals surface area (Å²) in [5.41, 5.74) is 3.64. The van der Waals surface area contributed by atoms with Gasteiger partial charge in [0.25, 0.3) is 0 Å². The van der Waals surface area contributed by atoms with Gasteiger partial charge >= 0.3 is 0 Å². The van der Waals surface area contributed by atoms with E-state index in [0.29, 0.717) is 17.9 Å². The summed E-state index contributed by atoms with van der Waals surface area (Å²) in [6.07, 6.45) is 2.35. The lowest BCUT2D eigenvalue weighted by Gasteiger charge is -2.11. The lowest BCUT2D eigenvalue weighted by Crippen LogP contribution is -2.26. The summed E-state index contributed by atoms with van der Waals surface area (Å²) in [7, 11) is -3.51. The Bertz CT molecular complexity index is 976. The second-order valence-corrected chi connectivity index (χ2v) is 7.64. The molecule has 4 nitrogen and oxygen atoms in total. The first-order valence-electron chi connectivity index (χ1n) is 7.87. The normalized spacial score (nSPS) is 11.8. The molecular weight excluding hydrogens is 320 g/mol. The minimum atomic E-state index is -3.51. The average Bonchev–Trinajstić information content (AvgIpc) is 2.57. The predicted octanol–water partition coefficient (Wildman–Crippen LogP) is 3.37. The van der Waals surface area contributed by atoms with Gasteiger partial charge in [0.2, 0.25) is 10.0 Å². The van der Waals surface area contributed by atoms with Crippen LogP contribution in [0.2, 0.25) is 0 Å². The average molecular weight is 340 g/mol. The fraction of sp³-hybridized carbons (Fsp3) is 0.211. The molecule has 0 spiro atoms. The minimum absolute atomic E-state index is 0.339. The van der Waals surface area contributed by atoms with Gasteiger partial charge < -0.3 is 0 Å². The highest BCUT2D eigenvalue weighted by Gasteiger charge is 2.16. The molecule has 3 rings (SSSR count). The molecule has 0 aliphatic rings. The predicted molar refractivity (Wildman–Crippen MR) is 96.6 cm³/mol. The summed E-state index contributed by atoms with van der Waals surface area (Å²) < 4.78 is 27.8. The van der Waals surface area contributed by atoms with Crippen LogP contribution in [0.3, 0.4) is 0 Å². The molecule has 0 aliphatic heterocycles. The zero-order valence-corrected chi connectivity index (χ0v) is 14.6. The molecule has 1 N–H and O–H groups in total. The number of benzene rings is 2. The van der Waals surface area contributed by atoms with Gasteiger partial charge in [0.15, 0.2) is 0 Å². The highest BCUT2D eigenvalue weighted by Crippen LogP contribution is 2.18. The van der Waals surface area contributed by atoms with E-state index in [1.807, 2.05) is 56.3 Å². The zero-order chi connectivity index (χ0) is 17.2. The van der Waals surface area contributed by atoms with Crippen molar-refractivity contribution < 1.29 is 8.42 Å². The van der Waals surface area contributed by atoms with E-state index >= 15 is 0 Å². The molecule has 0 saturated heterocycles. The highest BCUT2D eigenvalue weighted by molar-refractivity contribution is 7.89. The number of nitrogens with one attached hydrogen (secondary N) is 1. The van der Waals surface area contributed by atoms with Gasteiger partial charge in [-0.05, 0) is 49.1 Å². The quantitative estimate of drug-likeness (QED) is 0.775. The number of pyridine rings is 1. The summed E-state index contributed by atoms with van der Waals surface area (Å²) >= 11 is 0. The van der Waals surface area contributed by atoms with Gasteiger partial charge in [-0.15, -0.1) is 0 Å². The van der Waals surface area contributed by atoms with Crippen LogP contribution in [-0.4, -0.2) is 19.9 Å². The minimum Gasteiger partial charge on any atom is -0.256 e. The molecule has 3 aromatic rings. The Balaban J connectivity index is 1.77. The molecule has 0 aliphatic carbocycles. The SMILES string of the molecule is Cc1ccc(C)c(S(=O)(=O)NCCc2cccc3cccnc23)c1. The molecule has 1 aromatic heterocycles. The molecule has 0 saturated carbocycles. The molecular formula is C19H20N2O2S. The molecule has 124 valence electrons. The Labute approximate surface area is 142 Å². The number of sulfonamides is 1. The zero-order valence-electron chi connectivity index (χ0n) is 13.8. The largest absolute Gasteiger partial charge is 0.256 e. The Morgan fingerprint density at radius 2 is 1.83 bits per heavy atom. The molecule has 0 fully saturated rings. The molecule has 2 aromatic carbocycles. The van der Waals surface area contributed by atoms with E-state index in [2.05, 4.69) is 9.71 Å². The van der Waals surface area contributed by atoms with Crippen LogP contribution in [0.4, 0.5) is 0 Å². The van der Waals surface area contributed by atoms with Gasteiger partial charge in [-0.2, -0.15) is 0 Å². The van der Waals surface area contributed by atoms with Crippen molar-refractivity contribution in [3.8, 4) is 0 Å². The third-order valence-corrected chi connectivity index (χ3v) is 5.64. The van der Waals surface area contributed by atoms with Crippen LogP contribution in [0.15, 0.2) is 59.6 Å². The van der Waals surface area contributed by atoms with Crippen molar-refractivity contribution in [1.29, 1.82) is 0 Å². The van der Waals surface area contributed by atoms with Crippen LogP contribution < -0.4 is 4.72 Å². The van der Waals surface area contributed by atoms with Gasteiger partial charge in [0.05, 0.1) is 10.4 Å². The van der Waals surface area contributed by atoms with Crippen LogP contribution in [0.5, 0.6) is 0 Å². The first-order chi connectivity index (χ1) is 11.5. The second kappa shape index (κ2) is 6.71. The number of hydrogen-bond donors (Lipinski definition) is 1. The molecule has 0 unspecified atom stereocenters. The fourth-order valence-corrected chi connectivity index (χ4v) is 4.12. The Hall–Kier alpha value is -2.24. The summed E-state index contributed by atoms with van der Waals surface area (Å²) in [6.45, 7) is 4.04. The smallest absolute Gasteiger partial charge is 0.240 e. The third kappa shape index (κ3) is 3.47. The standard InChI is InChI=1S/C19H20N2O2S/c1-14-8-9-15(2)18(13-14)24(22,23)21-12-10-17-6-3-5-16-7-4-11-20-19(16)17/h3-9,11,13,21H,10,12H2,1-2H3. The van der Waals surface area contributed by atoms with Gasteiger partial charge in [0, 0.05) is 18.1 Å². The van der Waals surface area contributed by atoms with E-state index in [9.17, 15) is 8.42 Å². The van der Waals surface area contributed by atoms with Gasteiger partial charge in [-0.1, -0.05) is 36.4 Å². The highest BCUT2D eigenvalue weighted by atomic mass is 32.2. The third-order valence-electron chi connectivity index (χ3n) is 4.04. The summed E-state index contributed by atoms with van der Waals surface area (Å²) in [5, 5.41) is 1.06. The Morgan fingerprint density at radius 1 is 1.04 bits per heavy atom. The molecule has 1 heterocycles. The maximum Gasteiger partial charge on any atom is 0.240 e. The maximum atomic E-state index is 12.5. The number of hydrogen-bond acceptors (Lipinski definition) is 3. The molecule has 0 atom stereocenters. The van der Waals surface area contributed by atoms with Gasteiger partial charge in [-0.3, -0.25) is 4.98 Å². The van der Waals surface area contributed by atoms with Gasteiger partial charge in [-0.25, -0.2) is 13.1 Å². The molecule has 0 bridgehead atoms. The monoisotopic (exact) mass is 340 g/mol. The molecule has 0 radical (unpaired) electrons. The summed E-state index contributed by atoms with van der Waals surface area (Å²) in [4.78, 5) is 4.75. The number of aromatic nitrogens is 1. The van der Waals surface area contributed by atoms with Crippen LogP contribution >= 0.6 is 0 Å². The van der Waals surface area contributed by atoms with Crippen molar-refractivity contribution in [3.05, 3.63) is 71.4 Å². The van der Waals surface area contributed by atoms with Crippen molar-refractivity contribution >= 4 is 20.9 Å². The lowest BCUT2D eigenvalue weighted by atomic mass is 10.1. The van der Waals surface area contributed by atoms with Crippen molar-refractivity contribution in [2.24, 2.45) is 0 Å². The Morgan fingerprint density at radius 3 is 2.67 bits per heavy atom. The second-order valence-electron chi connectivity index (χ2n) is 5.91. The number of para-hydroxylation sites is 1. The molecule has 0 amide bonds. The van der Waals surface area contributed by atoms with E-state index in [1.54, 1.807) is 12.3 Å². The number of rotatable bonds is 5. The molecule has 5 heteroatoms. The number of fused-ring (bicyclic) bond motifs is 1. The first-order valence-corrected chi connectivity index (χ1v) is 9.35. The van der Waals surface area contributed by atoms with Gasteiger partial charge in [0.1, 0.15) is 0 Å². The van der Waals surface area contributed by atoms with Crippen molar-refractivity contribution in [3.63, 3.8) is 0 Å². The van der Waals surface area contributed by atoms with E-state index in [-0.39, 0.29) is 0 Å². The van der Waals surface area contributed by atoms with Crippen LogP contribution in [-0.2, 0) is 16.4 Å². The fourth-order valence-electron chi connectivity index (χ4n) is 2.76. The van der Waals surface area contributed by atoms with E-state index < -0.39 is 10.0 Å². The van der Waals surface area contributed by atoms with Crippen LogP contribution in [0.25, 0.3) is 10.9 Å². The molecule has 24 heavy (non-hydrogen) atoms. The van der Waals surface area contributed by atoms with E-state index in [4.69, 9.17) is 0 Å². The van der Waals surface area contributed by atoms with Crippen molar-refractivity contribution in [2.45, 2.75) is 25.2 Å².